The number of fused-ring (bicyclic) bond motifs is 3. The molecule has 2 aromatic rings. The van der Waals surface area contributed by atoms with Crippen molar-refractivity contribution in [3.05, 3.63) is 41.6 Å². The van der Waals surface area contributed by atoms with Gasteiger partial charge in [0.15, 0.2) is 5.75 Å². The van der Waals surface area contributed by atoms with Crippen LogP contribution in [0.4, 0.5) is 0 Å². The molecule has 1 aliphatic heterocycles. The maximum atomic E-state index is 5.45. The van der Waals surface area contributed by atoms with Gasteiger partial charge in [0, 0.05) is 6.20 Å². The van der Waals surface area contributed by atoms with Crippen molar-refractivity contribution < 1.29 is 4.74 Å². The van der Waals surface area contributed by atoms with E-state index in [4.69, 9.17) is 4.74 Å². The second-order valence-corrected chi connectivity index (χ2v) is 3.89. The molecule has 3 heteroatoms. The first-order valence-electron chi connectivity index (χ1n) is 4.31. The van der Waals surface area contributed by atoms with E-state index in [0.29, 0.717) is 0 Å². The zero-order chi connectivity index (χ0) is 9.38. The Labute approximate surface area is 85.5 Å². The number of ether oxygens (including phenoxy) is 1. The molecule has 0 unspecified atom stereocenters. The topological polar surface area (TPSA) is 22.1 Å². The van der Waals surface area contributed by atoms with Gasteiger partial charge in [-0.15, -0.1) is 11.3 Å². The molecule has 0 aromatic carbocycles. The van der Waals surface area contributed by atoms with E-state index >= 15 is 0 Å². The number of aromatic nitrogens is 1. The predicted octanol–water partition coefficient (Wildman–Crippen LogP) is 3.17. The van der Waals surface area contributed by atoms with E-state index in [1.807, 2.05) is 18.2 Å². The molecule has 0 bridgehead atoms. The Morgan fingerprint density at radius 3 is 3.29 bits per heavy atom. The van der Waals surface area contributed by atoms with Crippen LogP contribution in [0.5, 0.6) is 5.75 Å². The van der Waals surface area contributed by atoms with Crippen molar-refractivity contribution >= 4 is 17.4 Å². The van der Waals surface area contributed by atoms with Crippen molar-refractivity contribution in [3.8, 4) is 16.3 Å². The predicted molar refractivity (Wildman–Crippen MR) is 57.2 cm³/mol. The van der Waals surface area contributed by atoms with Gasteiger partial charge in [0.2, 0.25) is 0 Å². The summed E-state index contributed by atoms with van der Waals surface area (Å²) >= 11 is 1.69. The first kappa shape index (κ1) is 7.76. The van der Waals surface area contributed by atoms with E-state index in [0.717, 1.165) is 11.4 Å². The van der Waals surface area contributed by atoms with E-state index < -0.39 is 0 Å². The standard InChI is InChI=1S/C11H7NOS/c1-2-9-10(12-5-1)11-8(3-6-13-9)4-7-14-11/h1-7H. The molecule has 0 radical (unpaired) electrons. The second kappa shape index (κ2) is 2.96. The fraction of sp³-hybridized carbons (Fsp3) is 0. The molecule has 2 nitrogen and oxygen atoms in total. The summed E-state index contributed by atoms with van der Waals surface area (Å²) in [4.78, 5) is 5.51. The molecule has 0 atom stereocenters. The Balaban J connectivity index is 2.33. The first-order valence-corrected chi connectivity index (χ1v) is 5.19. The molecule has 1 aliphatic rings. The van der Waals surface area contributed by atoms with Crippen LogP contribution in [0.2, 0.25) is 0 Å². The third kappa shape index (κ3) is 1.06. The summed E-state index contributed by atoms with van der Waals surface area (Å²) in [5, 5.41) is 2.07. The van der Waals surface area contributed by atoms with Crippen LogP contribution >= 0.6 is 11.3 Å². The number of pyridine rings is 1. The lowest BCUT2D eigenvalue weighted by atomic mass is 10.2. The minimum atomic E-state index is 0.824. The average molecular weight is 201 g/mol. The van der Waals surface area contributed by atoms with Crippen molar-refractivity contribution in [1.29, 1.82) is 0 Å². The molecular weight excluding hydrogens is 194 g/mol. The lowest BCUT2D eigenvalue weighted by molar-refractivity contribution is 0.486. The van der Waals surface area contributed by atoms with Crippen LogP contribution < -0.4 is 4.74 Å². The molecular formula is C11H7NOS. The van der Waals surface area contributed by atoms with E-state index in [-0.39, 0.29) is 0 Å². The number of hydrogen-bond acceptors (Lipinski definition) is 3. The summed E-state index contributed by atoms with van der Waals surface area (Å²) in [7, 11) is 0. The van der Waals surface area contributed by atoms with Gasteiger partial charge in [0.1, 0.15) is 5.69 Å². The molecule has 14 heavy (non-hydrogen) atoms. The van der Waals surface area contributed by atoms with E-state index in [2.05, 4.69) is 16.4 Å². The second-order valence-electron chi connectivity index (χ2n) is 2.98. The van der Waals surface area contributed by atoms with Crippen molar-refractivity contribution in [1.82, 2.24) is 4.98 Å². The molecule has 0 aliphatic carbocycles. The monoisotopic (exact) mass is 201 g/mol. The quantitative estimate of drug-likeness (QED) is 0.653. The largest absolute Gasteiger partial charge is 0.463 e. The number of hydrogen-bond donors (Lipinski definition) is 0. The summed E-state index contributed by atoms with van der Waals surface area (Å²) in [5.41, 5.74) is 2.11. The fourth-order valence-corrected chi connectivity index (χ4v) is 2.37. The van der Waals surface area contributed by atoms with Crippen molar-refractivity contribution in [2.75, 3.05) is 0 Å². The van der Waals surface area contributed by atoms with Crippen molar-refractivity contribution in [2.24, 2.45) is 0 Å². The van der Waals surface area contributed by atoms with Crippen LogP contribution in [0.25, 0.3) is 16.6 Å². The fourth-order valence-electron chi connectivity index (χ4n) is 1.48. The highest BCUT2D eigenvalue weighted by molar-refractivity contribution is 7.13. The summed E-state index contributed by atoms with van der Waals surface area (Å²) in [6, 6.07) is 5.89. The normalized spacial score (nSPS) is 12.6. The third-order valence-corrected chi connectivity index (χ3v) is 3.06. The van der Waals surface area contributed by atoms with Crippen molar-refractivity contribution in [3.63, 3.8) is 0 Å². The summed E-state index contributed by atoms with van der Waals surface area (Å²) in [5.74, 6) is 0.824. The van der Waals surface area contributed by atoms with Gasteiger partial charge in [-0.3, -0.25) is 4.98 Å². The Bertz CT molecular complexity index is 501. The van der Waals surface area contributed by atoms with E-state index in [1.54, 1.807) is 23.8 Å². The molecule has 0 saturated heterocycles. The zero-order valence-corrected chi connectivity index (χ0v) is 8.12. The summed E-state index contributed by atoms with van der Waals surface area (Å²) in [6.07, 6.45) is 5.46. The molecule has 0 saturated carbocycles. The van der Waals surface area contributed by atoms with Gasteiger partial charge >= 0.3 is 0 Å². The minimum Gasteiger partial charge on any atom is -0.463 e. The summed E-state index contributed by atoms with van der Waals surface area (Å²) in [6.45, 7) is 0. The Morgan fingerprint density at radius 2 is 2.29 bits per heavy atom. The smallest absolute Gasteiger partial charge is 0.153 e. The maximum Gasteiger partial charge on any atom is 0.153 e. The van der Waals surface area contributed by atoms with Gasteiger partial charge in [-0.25, -0.2) is 0 Å². The zero-order valence-electron chi connectivity index (χ0n) is 7.31. The third-order valence-electron chi connectivity index (χ3n) is 2.12. The molecule has 0 fully saturated rings. The highest BCUT2D eigenvalue weighted by atomic mass is 32.1. The van der Waals surface area contributed by atoms with Gasteiger partial charge in [-0.2, -0.15) is 0 Å². The number of thiophene rings is 1. The van der Waals surface area contributed by atoms with Gasteiger partial charge < -0.3 is 4.74 Å². The van der Waals surface area contributed by atoms with Gasteiger partial charge in [-0.05, 0) is 35.2 Å². The number of rotatable bonds is 0. The minimum absolute atomic E-state index is 0.824. The average Bonchev–Trinajstić information content (AvgIpc) is 2.61. The van der Waals surface area contributed by atoms with Gasteiger partial charge in [0.05, 0.1) is 11.1 Å². The number of nitrogens with zero attached hydrogens (tertiary/aromatic N) is 1. The molecule has 0 N–H and O–H groups in total. The highest BCUT2D eigenvalue weighted by Crippen LogP contribution is 2.36. The van der Waals surface area contributed by atoms with E-state index in [9.17, 15) is 0 Å². The Hall–Kier alpha value is -1.61. The Morgan fingerprint density at radius 1 is 1.29 bits per heavy atom. The molecule has 2 aromatic heterocycles. The van der Waals surface area contributed by atoms with Crippen LogP contribution in [-0.2, 0) is 0 Å². The van der Waals surface area contributed by atoms with Crippen molar-refractivity contribution in [2.45, 2.75) is 0 Å². The van der Waals surface area contributed by atoms with Crippen LogP contribution in [0.15, 0.2) is 36.0 Å². The van der Waals surface area contributed by atoms with Gasteiger partial charge in [0.25, 0.3) is 0 Å². The van der Waals surface area contributed by atoms with Crippen LogP contribution in [-0.4, -0.2) is 4.98 Å². The highest BCUT2D eigenvalue weighted by Gasteiger charge is 2.13. The molecule has 0 spiro atoms. The lowest BCUT2D eigenvalue weighted by Crippen LogP contribution is -1.85. The molecule has 3 rings (SSSR count). The van der Waals surface area contributed by atoms with E-state index in [1.165, 1.54) is 10.4 Å². The Kier molecular flexibility index (Phi) is 1.64. The molecule has 68 valence electrons. The van der Waals surface area contributed by atoms with Crippen LogP contribution in [0.1, 0.15) is 5.56 Å². The summed E-state index contributed by atoms with van der Waals surface area (Å²) < 4.78 is 5.45. The molecule has 0 amide bonds. The van der Waals surface area contributed by atoms with Crippen LogP contribution in [0.3, 0.4) is 0 Å². The van der Waals surface area contributed by atoms with Gasteiger partial charge in [-0.1, -0.05) is 0 Å². The first-order chi connectivity index (χ1) is 6.95. The SMILES string of the molecule is C1=Cc2ccsc2-c2ncccc2O1. The van der Waals surface area contributed by atoms with Crippen LogP contribution in [0, 0.1) is 0 Å². The lowest BCUT2D eigenvalue weighted by Gasteiger charge is -2.02. The maximum absolute atomic E-state index is 5.45. The molecule has 3 heterocycles.